The topological polar surface area (TPSA) is 81.4 Å². The summed E-state index contributed by atoms with van der Waals surface area (Å²) in [5.41, 5.74) is 5.37. The summed E-state index contributed by atoms with van der Waals surface area (Å²) in [6.07, 6.45) is 20.0. The molecule has 2 aromatic heterocycles. The molecule has 6 nitrogen and oxygen atoms in total. The number of aromatic amines is 2. The Kier molecular flexibility index (Phi) is 6.89. The average molecular weight is 435 g/mol. The Morgan fingerprint density at radius 3 is 2.28 bits per heavy atom. The summed E-state index contributed by atoms with van der Waals surface area (Å²) in [6.45, 7) is 5.17. The molecule has 1 fully saturated rings. The third-order valence-electron chi connectivity index (χ3n) is 7.60. The van der Waals surface area contributed by atoms with E-state index in [1.165, 1.54) is 73.9 Å². The van der Waals surface area contributed by atoms with Gasteiger partial charge < -0.3 is 20.6 Å². The molecule has 0 aromatic carbocycles. The Labute approximate surface area is 191 Å². The number of imidazole rings is 2. The van der Waals surface area contributed by atoms with Gasteiger partial charge >= 0.3 is 0 Å². The highest BCUT2D eigenvalue weighted by Gasteiger charge is 2.27. The lowest BCUT2D eigenvalue weighted by atomic mass is 9.74. The molecule has 5 rings (SSSR count). The van der Waals surface area contributed by atoms with Gasteiger partial charge in [0.2, 0.25) is 0 Å². The molecule has 1 saturated heterocycles. The molecule has 6 heteroatoms. The maximum Gasteiger partial charge on any atom is 0.123 e. The van der Waals surface area contributed by atoms with Crippen LogP contribution in [-0.4, -0.2) is 33.0 Å². The Bertz CT molecular complexity index is 945. The van der Waals surface area contributed by atoms with Crippen molar-refractivity contribution in [2.24, 2.45) is 11.8 Å². The highest BCUT2D eigenvalue weighted by Crippen LogP contribution is 2.40. The lowest BCUT2D eigenvalue weighted by molar-refractivity contribution is 0.292. The van der Waals surface area contributed by atoms with Crippen LogP contribution in [0.15, 0.2) is 24.5 Å². The van der Waals surface area contributed by atoms with Crippen molar-refractivity contribution in [3.63, 3.8) is 0 Å². The lowest BCUT2D eigenvalue weighted by Crippen LogP contribution is -2.19. The van der Waals surface area contributed by atoms with Crippen LogP contribution in [0, 0.1) is 11.8 Å². The number of hydrogen-bond donors (Lipinski definition) is 4. The number of allylic oxidation sites excluding steroid dienone is 4. The molecule has 3 aliphatic rings. The quantitative estimate of drug-likeness (QED) is 0.435. The predicted octanol–water partition coefficient (Wildman–Crippen LogP) is 5.12. The SMILES string of the molecule is CCCNCc1ncc(C2=CCC(C3CC=C(c4cnc(C5CCCN5)[nH]4)CC3)CC2)[nH]1. The first-order chi connectivity index (χ1) is 15.8. The molecule has 0 saturated carbocycles. The van der Waals surface area contributed by atoms with E-state index in [0.29, 0.717) is 6.04 Å². The molecule has 0 spiro atoms. The van der Waals surface area contributed by atoms with Crippen LogP contribution in [0.3, 0.4) is 0 Å². The Morgan fingerprint density at radius 2 is 1.66 bits per heavy atom. The second-order valence-corrected chi connectivity index (χ2v) is 9.78. The van der Waals surface area contributed by atoms with Crippen molar-refractivity contribution in [1.82, 2.24) is 30.6 Å². The highest BCUT2D eigenvalue weighted by molar-refractivity contribution is 5.64. The molecule has 3 atom stereocenters. The number of hydrogen-bond acceptors (Lipinski definition) is 4. The van der Waals surface area contributed by atoms with Crippen molar-refractivity contribution >= 4 is 11.1 Å². The van der Waals surface area contributed by atoms with Crippen LogP contribution in [0.5, 0.6) is 0 Å². The van der Waals surface area contributed by atoms with Gasteiger partial charge in [-0.2, -0.15) is 0 Å². The van der Waals surface area contributed by atoms with Gasteiger partial charge in [-0.15, -0.1) is 0 Å². The van der Waals surface area contributed by atoms with Gasteiger partial charge in [-0.1, -0.05) is 19.1 Å². The molecule has 1 aliphatic heterocycles. The van der Waals surface area contributed by atoms with E-state index in [1.807, 2.05) is 12.4 Å². The summed E-state index contributed by atoms with van der Waals surface area (Å²) in [5.74, 6) is 3.79. The van der Waals surface area contributed by atoms with Crippen LogP contribution in [-0.2, 0) is 6.54 Å². The Balaban J connectivity index is 1.14. The van der Waals surface area contributed by atoms with E-state index in [0.717, 1.165) is 49.5 Å². The normalized spacial score (nSPS) is 26.2. The summed E-state index contributed by atoms with van der Waals surface area (Å²) < 4.78 is 0. The van der Waals surface area contributed by atoms with Gasteiger partial charge in [0, 0.05) is 0 Å². The molecular weight excluding hydrogens is 396 g/mol. The number of nitrogens with zero attached hydrogens (tertiary/aromatic N) is 2. The fourth-order valence-electron chi connectivity index (χ4n) is 5.65. The van der Waals surface area contributed by atoms with Crippen molar-refractivity contribution in [3.8, 4) is 0 Å². The van der Waals surface area contributed by atoms with Gasteiger partial charge in [0.1, 0.15) is 11.6 Å². The number of H-pyrrole nitrogens is 2. The molecule has 0 amide bonds. The fourth-order valence-corrected chi connectivity index (χ4v) is 5.65. The second-order valence-electron chi connectivity index (χ2n) is 9.78. The maximum absolute atomic E-state index is 4.66. The van der Waals surface area contributed by atoms with E-state index in [9.17, 15) is 0 Å². The first kappa shape index (κ1) is 21.7. The van der Waals surface area contributed by atoms with Crippen LogP contribution in [0.25, 0.3) is 11.1 Å². The molecule has 3 unspecified atom stereocenters. The summed E-state index contributed by atoms with van der Waals surface area (Å²) in [4.78, 5) is 16.3. The number of nitrogens with one attached hydrogen (secondary N) is 4. The summed E-state index contributed by atoms with van der Waals surface area (Å²) in [6, 6.07) is 0.419. The summed E-state index contributed by atoms with van der Waals surface area (Å²) >= 11 is 0. The van der Waals surface area contributed by atoms with E-state index in [4.69, 9.17) is 0 Å². The molecule has 3 heterocycles. The Hall–Kier alpha value is -2.18. The van der Waals surface area contributed by atoms with Gasteiger partial charge in [-0.05, 0) is 93.9 Å². The zero-order valence-corrected chi connectivity index (χ0v) is 19.4. The van der Waals surface area contributed by atoms with E-state index < -0.39 is 0 Å². The maximum atomic E-state index is 4.66. The zero-order valence-electron chi connectivity index (χ0n) is 19.4. The molecule has 0 bridgehead atoms. The monoisotopic (exact) mass is 434 g/mol. The van der Waals surface area contributed by atoms with Crippen molar-refractivity contribution in [3.05, 3.63) is 47.6 Å². The molecule has 4 N–H and O–H groups in total. The first-order valence-corrected chi connectivity index (χ1v) is 12.7. The third-order valence-corrected chi connectivity index (χ3v) is 7.60. The van der Waals surface area contributed by atoms with Crippen molar-refractivity contribution in [2.75, 3.05) is 13.1 Å². The van der Waals surface area contributed by atoms with Gasteiger partial charge in [-0.3, -0.25) is 0 Å². The summed E-state index contributed by atoms with van der Waals surface area (Å²) in [5, 5.41) is 6.96. The van der Waals surface area contributed by atoms with Crippen molar-refractivity contribution in [2.45, 2.75) is 77.3 Å². The smallest absolute Gasteiger partial charge is 0.123 e. The molecule has 2 aromatic rings. The van der Waals surface area contributed by atoms with Gasteiger partial charge in [0.05, 0.1) is 36.4 Å². The van der Waals surface area contributed by atoms with E-state index in [-0.39, 0.29) is 0 Å². The zero-order chi connectivity index (χ0) is 21.8. The van der Waals surface area contributed by atoms with Crippen molar-refractivity contribution in [1.29, 1.82) is 0 Å². The lowest BCUT2D eigenvalue weighted by Gasteiger charge is -2.31. The highest BCUT2D eigenvalue weighted by atomic mass is 15.0. The van der Waals surface area contributed by atoms with Crippen LogP contribution < -0.4 is 10.6 Å². The van der Waals surface area contributed by atoms with Crippen LogP contribution >= 0.6 is 0 Å². The number of aromatic nitrogens is 4. The molecule has 0 radical (unpaired) electrons. The molecular formula is C26H38N6. The minimum Gasteiger partial charge on any atom is -0.341 e. The minimum absolute atomic E-state index is 0.419. The molecule has 32 heavy (non-hydrogen) atoms. The second kappa shape index (κ2) is 10.2. The number of rotatable bonds is 8. The Morgan fingerprint density at radius 1 is 0.938 bits per heavy atom. The summed E-state index contributed by atoms with van der Waals surface area (Å²) in [7, 11) is 0. The van der Waals surface area contributed by atoms with Gasteiger partial charge in [0.25, 0.3) is 0 Å². The van der Waals surface area contributed by atoms with E-state index in [1.54, 1.807) is 0 Å². The van der Waals surface area contributed by atoms with Crippen LogP contribution in [0.4, 0.5) is 0 Å². The van der Waals surface area contributed by atoms with Crippen molar-refractivity contribution < 1.29 is 0 Å². The van der Waals surface area contributed by atoms with E-state index >= 15 is 0 Å². The third kappa shape index (κ3) is 4.91. The largest absolute Gasteiger partial charge is 0.341 e. The van der Waals surface area contributed by atoms with Crippen LogP contribution in [0.1, 0.15) is 93.8 Å². The first-order valence-electron chi connectivity index (χ1n) is 12.7. The minimum atomic E-state index is 0.419. The standard InChI is InChI=1S/C26H38N6/c1-2-13-27-17-25-29-15-23(31-25)20-9-5-18(6-10-20)19-7-11-21(12-8-19)24-16-30-26(32-24)22-4-3-14-28-22/h9,11,15-16,18-19,22,27-28H,2-8,10,12-14,17H2,1H3,(H,29,31)(H,30,32). The van der Waals surface area contributed by atoms with Gasteiger partial charge in [-0.25, -0.2) is 9.97 Å². The fraction of sp³-hybridized carbons (Fsp3) is 0.615. The predicted molar refractivity (Wildman–Crippen MR) is 130 cm³/mol. The molecule has 2 aliphatic carbocycles. The average Bonchev–Trinajstić information content (AvgIpc) is 3.61. The van der Waals surface area contributed by atoms with Gasteiger partial charge in [0.15, 0.2) is 0 Å². The van der Waals surface area contributed by atoms with Crippen LogP contribution in [0.2, 0.25) is 0 Å². The van der Waals surface area contributed by atoms with E-state index in [2.05, 4.69) is 49.6 Å². The molecule has 172 valence electrons.